The van der Waals surface area contributed by atoms with E-state index >= 15 is 0 Å². The average molecular weight is 304 g/mol. The molecule has 5 nitrogen and oxygen atoms in total. The van der Waals surface area contributed by atoms with Crippen molar-refractivity contribution in [1.29, 1.82) is 0 Å². The van der Waals surface area contributed by atoms with Crippen LogP contribution in [0, 0.1) is 0 Å². The summed E-state index contributed by atoms with van der Waals surface area (Å²) < 4.78 is 7.43. The van der Waals surface area contributed by atoms with Gasteiger partial charge in [0.25, 0.3) is 0 Å². The van der Waals surface area contributed by atoms with Crippen molar-refractivity contribution in [2.24, 2.45) is 0 Å². The minimum Gasteiger partial charge on any atom is -0.444 e. The molecule has 0 unspecified atom stereocenters. The Labute approximate surface area is 132 Å². The molecule has 0 spiro atoms. The first-order valence-corrected chi connectivity index (χ1v) is 7.60. The van der Waals surface area contributed by atoms with Crippen LogP contribution in [0.25, 0.3) is 0 Å². The van der Waals surface area contributed by atoms with Gasteiger partial charge in [0.1, 0.15) is 19.7 Å². The lowest BCUT2D eigenvalue weighted by molar-refractivity contribution is -0.466. The Morgan fingerprint density at radius 3 is 2.45 bits per heavy atom. The Morgan fingerprint density at radius 2 is 1.91 bits per heavy atom. The third kappa shape index (κ3) is 4.31. The molecule has 1 aromatic carbocycles. The minimum atomic E-state index is -0.491. The van der Waals surface area contributed by atoms with Crippen LogP contribution >= 0.6 is 0 Å². The Morgan fingerprint density at radius 1 is 1.27 bits per heavy atom. The zero-order chi connectivity index (χ0) is 16.3. The van der Waals surface area contributed by atoms with Crippen LogP contribution < -0.4 is 10.6 Å². The van der Waals surface area contributed by atoms with E-state index in [9.17, 15) is 4.79 Å². The predicted octanol–water partition coefficient (Wildman–Crippen LogP) is 2.43. The Balaban J connectivity index is 2.05. The summed E-state index contributed by atoms with van der Waals surface area (Å²) in [7, 11) is 4.15. The number of hydrogen-bond donors (Lipinski definition) is 2. The van der Waals surface area contributed by atoms with E-state index in [4.69, 9.17) is 4.74 Å². The molecule has 120 valence electrons. The van der Waals surface area contributed by atoms with E-state index in [0.29, 0.717) is 5.92 Å². The summed E-state index contributed by atoms with van der Waals surface area (Å²) in [6, 6.07) is 7.97. The molecule has 1 fully saturated rings. The standard InChI is InChI=1S/C17H25N3O2/c1-17(2,3)22-16(21)19-13-8-6-12(7-9-13)14-10-18-11-15(14)20(4)5/h6-9,14,18H,10-11H2,1-5H3/p+1/t14-/m1/s1. The number of benzene rings is 1. The number of hydrogen-bond acceptors (Lipinski definition) is 3. The third-order valence-electron chi connectivity index (χ3n) is 3.59. The van der Waals surface area contributed by atoms with Gasteiger partial charge in [0.05, 0.1) is 12.5 Å². The molecule has 22 heavy (non-hydrogen) atoms. The number of carbonyl (C=O) groups is 1. The van der Waals surface area contributed by atoms with Gasteiger partial charge in [-0.25, -0.2) is 9.37 Å². The van der Waals surface area contributed by atoms with Crippen molar-refractivity contribution in [3.05, 3.63) is 29.8 Å². The van der Waals surface area contributed by atoms with E-state index in [1.807, 2.05) is 32.9 Å². The van der Waals surface area contributed by atoms with Gasteiger partial charge >= 0.3 is 6.09 Å². The van der Waals surface area contributed by atoms with Crippen LogP contribution in [0.3, 0.4) is 0 Å². The number of amides is 1. The molecule has 0 saturated carbocycles. The second-order valence-corrected chi connectivity index (χ2v) is 6.82. The zero-order valence-electron chi connectivity index (χ0n) is 14.1. The number of anilines is 1. The zero-order valence-corrected chi connectivity index (χ0v) is 14.1. The van der Waals surface area contributed by atoms with Crippen LogP contribution in [-0.4, -0.2) is 49.2 Å². The van der Waals surface area contributed by atoms with Crippen LogP contribution in [-0.2, 0) is 4.74 Å². The molecule has 1 saturated heterocycles. The van der Waals surface area contributed by atoms with E-state index in [0.717, 1.165) is 18.8 Å². The molecule has 1 atom stereocenters. The normalized spacial score (nSPS) is 18.2. The molecule has 0 aromatic heterocycles. The van der Waals surface area contributed by atoms with Crippen LogP contribution in [0.4, 0.5) is 10.5 Å². The molecule has 1 aromatic rings. The fourth-order valence-corrected chi connectivity index (χ4v) is 2.59. The summed E-state index contributed by atoms with van der Waals surface area (Å²) in [6.07, 6.45) is -0.427. The fourth-order valence-electron chi connectivity index (χ4n) is 2.59. The second kappa shape index (κ2) is 6.48. The van der Waals surface area contributed by atoms with Crippen LogP contribution in [0.2, 0.25) is 0 Å². The lowest BCUT2D eigenvalue weighted by atomic mass is 9.96. The molecular weight excluding hydrogens is 278 g/mol. The molecule has 0 aliphatic carbocycles. The highest BCUT2D eigenvalue weighted by Gasteiger charge is 2.29. The molecule has 5 heteroatoms. The van der Waals surface area contributed by atoms with Crippen molar-refractivity contribution in [3.8, 4) is 0 Å². The smallest absolute Gasteiger partial charge is 0.412 e. The SMILES string of the molecule is C[N+](C)=C1CNC[C@@H]1c1ccc(NC(=O)OC(C)(C)C)cc1. The van der Waals surface area contributed by atoms with Crippen LogP contribution in [0.15, 0.2) is 24.3 Å². The maximum Gasteiger partial charge on any atom is 0.412 e. The van der Waals surface area contributed by atoms with Gasteiger partial charge in [0.15, 0.2) is 5.71 Å². The van der Waals surface area contributed by atoms with Gasteiger partial charge in [-0.15, -0.1) is 0 Å². The Hall–Kier alpha value is -1.88. The van der Waals surface area contributed by atoms with Gasteiger partial charge in [-0.1, -0.05) is 12.1 Å². The van der Waals surface area contributed by atoms with Gasteiger partial charge < -0.3 is 10.1 Å². The molecule has 0 radical (unpaired) electrons. The number of ether oxygens (including phenoxy) is 1. The summed E-state index contributed by atoms with van der Waals surface area (Å²) in [5.74, 6) is 0.394. The largest absolute Gasteiger partial charge is 0.444 e. The van der Waals surface area contributed by atoms with Gasteiger partial charge in [0, 0.05) is 12.2 Å². The maximum atomic E-state index is 11.8. The second-order valence-electron chi connectivity index (χ2n) is 6.82. The first kappa shape index (κ1) is 16.5. The Bertz CT molecular complexity index is 567. The van der Waals surface area contributed by atoms with Crippen molar-refractivity contribution in [2.75, 3.05) is 32.5 Å². The number of rotatable bonds is 2. The van der Waals surface area contributed by atoms with Crippen LogP contribution in [0.5, 0.6) is 0 Å². The quantitative estimate of drug-likeness (QED) is 0.825. The van der Waals surface area contributed by atoms with Crippen molar-refractivity contribution in [1.82, 2.24) is 5.32 Å². The number of carbonyl (C=O) groups excluding carboxylic acids is 1. The van der Waals surface area contributed by atoms with Gasteiger partial charge in [-0.3, -0.25) is 5.32 Å². The highest BCUT2D eigenvalue weighted by Crippen LogP contribution is 2.22. The van der Waals surface area contributed by atoms with Gasteiger partial charge in [-0.2, -0.15) is 0 Å². The van der Waals surface area contributed by atoms with Gasteiger partial charge in [0.2, 0.25) is 0 Å². The van der Waals surface area contributed by atoms with Crippen molar-refractivity contribution >= 4 is 17.5 Å². The molecular formula is C17H26N3O2+. The lowest BCUT2D eigenvalue weighted by Gasteiger charge is -2.19. The highest BCUT2D eigenvalue weighted by molar-refractivity contribution is 5.91. The third-order valence-corrected chi connectivity index (χ3v) is 3.59. The van der Waals surface area contributed by atoms with Crippen LogP contribution in [0.1, 0.15) is 32.3 Å². The maximum absolute atomic E-state index is 11.8. The van der Waals surface area contributed by atoms with Crippen molar-refractivity contribution in [3.63, 3.8) is 0 Å². The van der Waals surface area contributed by atoms with E-state index < -0.39 is 11.7 Å². The van der Waals surface area contributed by atoms with E-state index in [1.165, 1.54) is 11.3 Å². The summed E-state index contributed by atoms with van der Waals surface area (Å²) in [6.45, 7) is 7.42. The van der Waals surface area contributed by atoms with Crippen molar-refractivity contribution < 1.29 is 14.1 Å². The summed E-state index contributed by atoms with van der Waals surface area (Å²) in [5.41, 5.74) is 2.89. The lowest BCUT2D eigenvalue weighted by Crippen LogP contribution is -2.27. The molecule has 2 rings (SSSR count). The first-order chi connectivity index (χ1) is 10.3. The van der Waals surface area contributed by atoms with Crippen molar-refractivity contribution in [2.45, 2.75) is 32.3 Å². The molecule has 1 aliphatic heterocycles. The monoisotopic (exact) mass is 304 g/mol. The van der Waals surface area contributed by atoms with Gasteiger partial charge in [-0.05, 0) is 38.5 Å². The summed E-state index contributed by atoms with van der Waals surface area (Å²) >= 11 is 0. The Kier molecular flexibility index (Phi) is 4.86. The molecule has 1 amide bonds. The highest BCUT2D eigenvalue weighted by atomic mass is 16.6. The van der Waals surface area contributed by atoms with E-state index in [2.05, 4.69) is 41.4 Å². The van der Waals surface area contributed by atoms with E-state index in [1.54, 1.807) is 0 Å². The van der Waals surface area contributed by atoms with E-state index in [-0.39, 0.29) is 0 Å². The minimum absolute atomic E-state index is 0.394. The average Bonchev–Trinajstić information content (AvgIpc) is 2.86. The fraction of sp³-hybridized carbons (Fsp3) is 0.529. The summed E-state index contributed by atoms with van der Waals surface area (Å²) in [4.78, 5) is 11.8. The molecule has 2 N–H and O–H groups in total. The molecule has 1 heterocycles. The number of nitrogens with zero attached hydrogens (tertiary/aromatic N) is 1. The number of nitrogens with one attached hydrogen (secondary N) is 2. The topological polar surface area (TPSA) is 53.4 Å². The predicted molar refractivity (Wildman–Crippen MR) is 89.0 cm³/mol. The molecule has 1 aliphatic rings. The molecule has 0 bridgehead atoms. The first-order valence-electron chi connectivity index (χ1n) is 7.60. The summed E-state index contributed by atoms with van der Waals surface area (Å²) in [5, 5.41) is 6.16.